The minimum Gasteiger partial charge on any atom is -0.455 e. The normalized spacial score (nSPS) is 12.7. The van der Waals surface area contributed by atoms with E-state index in [1.54, 1.807) is 0 Å². The van der Waals surface area contributed by atoms with Crippen LogP contribution in [0.3, 0.4) is 0 Å². The second kappa shape index (κ2) is 18.4. The minimum atomic E-state index is -0.168. The molecule has 0 spiro atoms. The highest BCUT2D eigenvalue weighted by molar-refractivity contribution is 7.25. The molecule has 0 radical (unpaired) electrons. The molecule has 13 aromatic carbocycles. The van der Waals surface area contributed by atoms with E-state index in [0.29, 0.717) is 0 Å². The molecule has 0 saturated carbocycles. The predicted molar refractivity (Wildman–Crippen MR) is 357 cm³/mol. The van der Waals surface area contributed by atoms with E-state index in [9.17, 15) is 0 Å². The highest BCUT2D eigenvalue weighted by Gasteiger charge is 2.44. The lowest BCUT2D eigenvalue weighted by molar-refractivity contribution is 0.670. The van der Waals surface area contributed by atoms with Crippen LogP contribution in [-0.4, -0.2) is 11.3 Å². The fraction of sp³-hybridized carbons (Fsp3) is 0. The fourth-order valence-corrected chi connectivity index (χ4v) is 15.1. The van der Waals surface area contributed by atoms with Crippen molar-refractivity contribution in [3.05, 3.63) is 291 Å². The summed E-state index contributed by atoms with van der Waals surface area (Å²) in [6.45, 7) is -0.168. The minimum absolute atomic E-state index is 0.168. The van der Waals surface area contributed by atoms with Crippen LogP contribution in [0, 0.1) is 0 Å². The van der Waals surface area contributed by atoms with E-state index in [1.807, 2.05) is 11.3 Å². The zero-order valence-electron chi connectivity index (χ0n) is 45.4. The number of aromatic nitrogens is 1. The molecular formula is C78H48BN3OS. The summed E-state index contributed by atoms with van der Waals surface area (Å²) in [5.41, 5.74) is 24.9. The molecule has 2 aliphatic heterocycles. The second-order valence-corrected chi connectivity index (χ2v) is 23.4. The summed E-state index contributed by atoms with van der Waals surface area (Å²) in [6.07, 6.45) is 0. The monoisotopic (exact) mass is 1090 g/mol. The van der Waals surface area contributed by atoms with Gasteiger partial charge in [0.05, 0.1) is 16.7 Å². The summed E-state index contributed by atoms with van der Waals surface area (Å²) in [4.78, 5) is 5.11. The van der Waals surface area contributed by atoms with E-state index < -0.39 is 0 Å². The summed E-state index contributed by atoms with van der Waals surface area (Å²) < 4.78 is 11.9. The smallest absolute Gasteiger partial charge is 0.252 e. The number of thiophene rings is 1. The van der Waals surface area contributed by atoms with Crippen molar-refractivity contribution in [2.75, 3.05) is 9.80 Å². The lowest BCUT2D eigenvalue weighted by Gasteiger charge is -2.44. The third-order valence-corrected chi connectivity index (χ3v) is 18.9. The molecule has 0 amide bonds. The maximum Gasteiger partial charge on any atom is 0.252 e. The number of hydrogen-bond acceptors (Lipinski definition) is 4. The first-order valence-corrected chi connectivity index (χ1v) is 29.6. The van der Waals surface area contributed by atoms with Gasteiger partial charge in [-0.05, 0) is 140 Å². The SMILES string of the molecule is c1ccc(-c2ccc(N3c4ccc(-c5cccc6c5oc5ccccc56)cc4B4c5ccc(-c6ccc7sc8ccccc8c7c6)cc5N(c5ccc(-c6ccccc6)cc5)c5cc(-n6c7ccccc7c7ccccc76)cc3c54)cc2)cc1. The van der Waals surface area contributed by atoms with Crippen molar-refractivity contribution in [3.63, 3.8) is 0 Å². The van der Waals surface area contributed by atoms with Gasteiger partial charge in [-0.2, -0.15) is 0 Å². The number of para-hydroxylation sites is 4. The molecule has 0 atom stereocenters. The van der Waals surface area contributed by atoms with Crippen molar-refractivity contribution in [1.82, 2.24) is 4.57 Å². The summed E-state index contributed by atoms with van der Waals surface area (Å²) in [5.74, 6) is 0. The molecule has 0 N–H and O–H groups in total. The van der Waals surface area contributed by atoms with Crippen LogP contribution in [0.25, 0.3) is 114 Å². The summed E-state index contributed by atoms with van der Waals surface area (Å²) in [7, 11) is 0. The van der Waals surface area contributed by atoms with Crippen molar-refractivity contribution in [1.29, 1.82) is 0 Å². The van der Waals surface area contributed by atoms with Gasteiger partial charge in [-0.1, -0.05) is 206 Å². The summed E-state index contributed by atoms with van der Waals surface area (Å²) in [5, 5.41) is 7.27. The predicted octanol–water partition coefficient (Wildman–Crippen LogP) is 19.8. The molecule has 0 fully saturated rings. The van der Waals surface area contributed by atoms with Crippen LogP contribution in [0.2, 0.25) is 0 Å². The molecule has 4 nitrogen and oxygen atoms in total. The number of hydrogen-bond donors (Lipinski definition) is 0. The lowest BCUT2D eigenvalue weighted by atomic mass is 9.33. The maximum atomic E-state index is 6.81. The Morgan fingerprint density at radius 3 is 1.51 bits per heavy atom. The van der Waals surface area contributed by atoms with Gasteiger partial charge in [0.1, 0.15) is 11.2 Å². The van der Waals surface area contributed by atoms with Gasteiger partial charge in [0.15, 0.2) is 0 Å². The van der Waals surface area contributed by atoms with Crippen LogP contribution in [0.15, 0.2) is 296 Å². The lowest BCUT2D eigenvalue weighted by Crippen LogP contribution is -2.61. The van der Waals surface area contributed by atoms with Crippen LogP contribution in [0.1, 0.15) is 0 Å². The van der Waals surface area contributed by atoms with Gasteiger partial charge >= 0.3 is 0 Å². The van der Waals surface area contributed by atoms with Crippen LogP contribution in [0.4, 0.5) is 34.1 Å². The molecule has 0 aliphatic carbocycles. The Labute approximate surface area is 489 Å². The fourth-order valence-electron chi connectivity index (χ4n) is 14.0. The average Bonchev–Trinajstić information content (AvgIpc) is 0.894. The zero-order chi connectivity index (χ0) is 55.0. The molecule has 390 valence electrons. The van der Waals surface area contributed by atoms with Gasteiger partial charge in [-0.15, -0.1) is 11.3 Å². The number of furan rings is 1. The Bertz CT molecular complexity index is 5280. The Morgan fingerprint density at radius 1 is 0.298 bits per heavy atom. The quantitative estimate of drug-likeness (QED) is 0.149. The van der Waals surface area contributed by atoms with E-state index >= 15 is 0 Å². The van der Waals surface area contributed by atoms with Crippen molar-refractivity contribution >= 4 is 132 Å². The van der Waals surface area contributed by atoms with Crippen molar-refractivity contribution in [3.8, 4) is 50.2 Å². The first-order chi connectivity index (χ1) is 41.6. The molecule has 16 aromatic rings. The van der Waals surface area contributed by atoms with E-state index in [-0.39, 0.29) is 6.71 Å². The van der Waals surface area contributed by atoms with Crippen molar-refractivity contribution in [2.24, 2.45) is 0 Å². The molecule has 18 rings (SSSR count). The molecule has 5 heterocycles. The van der Waals surface area contributed by atoms with Gasteiger partial charge in [0.25, 0.3) is 6.71 Å². The van der Waals surface area contributed by atoms with Gasteiger partial charge < -0.3 is 18.8 Å². The van der Waals surface area contributed by atoms with Crippen LogP contribution >= 0.6 is 11.3 Å². The van der Waals surface area contributed by atoms with Gasteiger partial charge in [-0.3, -0.25) is 0 Å². The van der Waals surface area contributed by atoms with Crippen LogP contribution in [0.5, 0.6) is 0 Å². The molecule has 3 aromatic heterocycles. The number of fused-ring (bicyclic) bond motifs is 13. The maximum absolute atomic E-state index is 6.81. The number of rotatable bonds is 7. The Hall–Kier alpha value is -10.7. The highest BCUT2D eigenvalue weighted by Crippen LogP contribution is 2.49. The second-order valence-electron chi connectivity index (χ2n) is 22.3. The molecular weight excluding hydrogens is 1040 g/mol. The Kier molecular flexibility index (Phi) is 10.3. The standard InChI is InChI=1S/C78H48BN3OS/c1-3-16-49(17-4-1)51-30-37-56(38-31-51)80-70-42-35-55(59-24-15-25-64-62-22-9-13-28-74(62)83-78(59)64)45-67(70)79-66-41-34-54(53-36-43-76-65(44-53)63-23-10-14-29-75(63)84-76)46-71(66)81(57-39-32-52(33-40-57)50-18-5-2-6-19-50)73-48-58(47-72(80)77(73)79)82-68-26-11-7-20-60(68)61-21-8-12-27-69(61)82/h1-48H. The molecule has 0 bridgehead atoms. The number of anilines is 6. The topological polar surface area (TPSA) is 24.6 Å². The van der Waals surface area contributed by atoms with Crippen molar-refractivity contribution < 1.29 is 4.42 Å². The van der Waals surface area contributed by atoms with Gasteiger partial charge in [0, 0.05) is 81.4 Å². The van der Waals surface area contributed by atoms with Gasteiger partial charge in [-0.25, -0.2) is 0 Å². The van der Waals surface area contributed by atoms with E-state index in [4.69, 9.17) is 4.42 Å². The van der Waals surface area contributed by atoms with E-state index in [2.05, 4.69) is 306 Å². The molecule has 6 heteroatoms. The molecule has 2 aliphatic rings. The first-order valence-electron chi connectivity index (χ1n) is 28.8. The Morgan fingerprint density at radius 2 is 0.821 bits per heavy atom. The highest BCUT2D eigenvalue weighted by atomic mass is 32.1. The largest absolute Gasteiger partial charge is 0.455 e. The first kappa shape index (κ1) is 47.0. The van der Waals surface area contributed by atoms with Crippen molar-refractivity contribution in [2.45, 2.75) is 0 Å². The van der Waals surface area contributed by atoms with Crippen LogP contribution in [-0.2, 0) is 0 Å². The summed E-state index contributed by atoms with van der Waals surface area (Å²) >= 11 is 1.86. The zero-order valence-corrected chi connectivity index (χ0v) is 46.3. The average molecular weight is 1090 g/mol. The third kappa shape index (κ3) is 7.14. The molecule has 0 saturated heterocycles. The Balaban J connectivity index is 0.942. The molecule has 84 heavy (non-hydrogen) atoms. The van der Waals surface area contributed by atoms with Crippen LogP contribution < -0.4 is 26.2 Å². The van der Waals surface area contributed by atoms with E-state index in [1.165, 1.54) is 80.7 Å². The number of benzene rings is 13. The molecule has 0 unspecified atom stereocenters. The van der Waals surface area contributed by atoms with Gasteiger partial charge in [0.2, 0.25) is 0 Å². The van der Waals surface area contributed by atoms with E-state index in [0.717, 1.165) is 83.9 Å². The third-order valence-electron chi connectivity index (χ3n) is 17.8. The number of nitrogens with zero attached hydrogens (tertiary/aromatic N) is 3. The summed E-state index contributed by atoms with van der Waals surface area (Å²) in [6, 6.07) is 108.